The van der Waals surface area contributed by atoms with E-state index in [1.54, 1.807) is 19.1 Å². The molecule has 116 valence electrons. The molecule has 0 aliphatic carbocycles. The third kappa shape index (κ3) is 3.19. The highest BCUT2D eigenvalue weighted by Gasteiger charge is 2.34. The molecule has 1 aromatic rings. The zero-order valence-corrected chi connectivity index (χ0v) is 13.3. The molecule has 1 heterocycles. The maximum atomic E-state index is 12.7. The van der Waals surface area contributed by atoms with E-state index in [4.69, 9.17) is 5.73 Å². The van der Waals surface area contributed by atoms with Crippen LogP contribution in [-0.2, 0) is 14.8 Å². The van der Waals surface area contributed by atoms with Gasteiger partial charge in [0.1, 0.15) is 0 Å². The molecule has 1 aliphatic rings. The molecule has 1 aromatic carbocycles. The van der Waals surface area contributed by atoms with Gasteiger partial charge in [0, 0.05) is 31.7 Å². The van der Waals surface area contributed by atoms with E-state index in [1.165, 1.54) is 11.2 Å². The van der Waals surface area contributed by atoms with E-state index in [0.717, 1.165) is 5.56 Å². The van der Waals surface area contributed by atoms with Gasteiger partial charge in [0.05, 0.1) is 4.90 Å². The smallest absolute Gasteiger partial charge is 0.243 e. The molecule has 1 amide bonds. The van der Waals surface area contributed by atoms with Gasteiger partial charge < -0.3 is 11.1 Å². The van der Waals surface area contributed by atoms with Gasteiger partial charge in [-0.1, -0.05) is 0 Å². The quantitative estimate of drug-likeness (QED) is 0.807. The Morgan fingerprint density at radius 3 is 2.67 bits per heavy atom. The molecule has 7 heteroatoms. The molecule has 21 heavy (non-hydrogen) atoms. The summed E-state index contributed by atoms with van der Waals surface area (Å²) in [4.78, 5) is 11.3. The van der Waals surface area contributed by atoms with Crippen molar-refractivity contribution < 1.29 is 13.2 Å². The molecule has 1 saturated heterocycles. The lowest BCUT2D eigenvalue weighted by Crippen LogP contribution is -2.37. The molecular formula is C14H21N3O3S. The summed E-state index contributed by atoms with van der Waals surface area (Å²) in [6.07, 6.45) is 0.624. The Bertz CT molecular complexity index is 670. The zero-order valence-electron chi connectivity index (χ0n) is 12.5. The largest absolute Gasteiger partial charge is 0.398 e. The molecule has 3 N–H and O–H groups in total. The van der Waals surface area contributed by atoms with E-state index in [1.807, 2.05) is 6.92 Å². The summed E-state index contributed by atoms with van der Waals surface area (Å²) in [6, 6.07) is 3.28. The molecule has 0 aromatic heterocycles. The van der Waals surface area contributed by atoms with Crippen molar-refractivity contribution in [1.29, 1.82) is 0 Å². The van der Waals surface area contributed by atoms with E-state index in [2.05, 4.69) is 5.32 Å². The van der Waals surface area contributed by atoms with Gasteiger partial charge in [-0.2, -0.15) is 4.31 Å². The average molecular weight is 311 g/mol. The first-order valence-electron chi connectivity index (χ1n) is 6.86. The van der Waals surface area contributed by atoms with Crippen molar-refractivity contribution in [1.82, 2.24) is 9.62 Å². The second-order valence-electron chi connectivity index (χ2n) is 5.53. The number of anilines is 1. The first-order valence-corrected chi connectivity index (χ1v) is 8.30. The summed E-state index contributed by atoms with van der Waals surface area (Å²) in [5.41, 5.74) is 7.73. The molecule has 0 saturated carbocycles. The summed E-state index contributed by atoms with van der Waals surface area (Å²) < 4.78 is 26.9. The highest BCUT2D eigenvalue weighted by atomic mass is 32.2. The molecule has 0 spiro atoms. The second kappa shape index (κ2) is 5.65. The van der Waals surface area contributed by atoms with Crippen molar-refractivity contribution in [3.05, 3.63) is 23.3 Å². The molecule has 1 fully saturated rings. The minimum atomic E-state index is -3.58. The number of nitrogen functional groups attached to an aromatic ring is 1. The van der Waals surface area contributed by atoms with Crippen LogP contribution in [0, 0.1) is 13.8 Å². The number of hydrogen-bond acceptors (Lipinski definition) is 4. The van der Waals surface area contributed by atoms with Crippen molar-refractivity contribution in [3.8, 4) is 0 Å². The Labute approximate surface area is 125 Å². The summed E-state index contributed by atoms with van der Waals surface area (Å²) in [5, 5.41) is 2.76. The summed E-state index contributed by atoms with van der Waals surface area (Å²) >= 11 is 0. The Morgan fingerprint density at radius 2 is 2.05 bits per heavy atom. The van der Waals surface area contributed by atoms with Crippen molar-refractivity contribution >= 4 is 21.6 Å². The van der Waals surface area contributed by atoms with Gasteiger partial charge in [-0.05, 0) is 43.5 Å². The fourth-order valence-corrected chi connectivity index (χ4v) is 4.45. The minimum Gasteiger partial charge on any atom is -0.398 e. The Kier molecular flexibility index (Phi) is 4.25. The van der Waals surface area contributed by atoms with Crippen molar-refractivity contribution in [2.45, 2.75) is 38.1 Å². The molecule has 6 nitrogen and oxygen atoms in total. The third-order valence-electron chi connectivity index (χ3n) is 3.72. The van der Waals surface area contributed by atoms with Gasteiger partial charge in [-0.15, -0.1) is 0 Å². The summed E-state index contributed by atoms with van der Waals surface area (Å²) in [5.74, 6) is -0.143. The number of nitrogens with one attached hydrogen (secondary N) is 1. The molecule has 1 atom stereocenters. The predicted molar refractivity (Wildman–Crippen MR) is 81.3 cm³/mol. The van der Waals surface area contributed by atoms with Crippen molar-refractivity contribution in [3.63, 3.8) is 0 Å². The van der Waals surface area contributed by atoms with Crippen LogP contribution in [0.4, 0.5) is 5.69 Å². The fourth-order valence-electron chi connectivity index (χ4n) is 2.61. The van der Waals surface area contributed by atoms with Crippen molar-refractivity contribution in [2.75, 3.05) is 18.8 Å². The zero-order chi connectivity index (χ0) is 15.8. The molecule has 0 bridgehead atoms. The SMILES string of the molecule is CC(=O)NC1CCN(S(=O)(=O)c2cc(C)cc(N)c2C)C1. The number of nitrogens with zero attached hydrogens (tertiary/aromatic N) is 1. The van der Waals surface area contributed by atoms with Crippen LogP contribution >= 0.6 is 0 Å². The Morgan fingerprint density at radius 1 is 1.38 bits per heavy atom. The summed E-state index contributed by atoms with van der Waals surface area (Å²) in [7, 11) is -3.58. The number of amides is 1. The first kappa shape index (κ1) is 15.8. The van der Waals surface area contributed by atoms with Gasteiger partial charge in [-0.3, -0.25) is 4.79 Å². The number of carbonyl (C=O) groups excluding carboxylic acids is 1. The first-order chi connectivity index (χ1) is 9.71. The lowest BCUT2D eigenvalue weighted by atomic mass is 10.1. The van der Waals surface area contributed by atoms with E-state index in [0.29, 0.717) is 30.8 Å². The fraction of sp³-hybridized carbons (Fsp3) is 0.500. The normalized spacial score (nSPS) is 19.7. The summed E-state index contributed by atoms with van der Waals surface area (Å²) in [6.45, 7) is 5.67. The van der Waals surface area contributed by atoms with Crippen LogP contribution in [0.15, 0.2) is 17.0 Å². The number of benzene rings is 1. The third-order valence-corrected chi connectivity index (χ3v) is 5.71. The monoisotopic (exact) mass is 311 g/mol. The number of rotatable bonds is 3. The van der Waals surface area contributed by atoms with E-state index in [9.17, 15) is 13.2 Å². The lowest BCUT2D eigenvalue weighted by molar-refractivity contribution is -0.119. The van der Waals surface area contributed by atoms with Crippen LogP contribution < -0.4 is 11.1 Å². The number of sulfonamides is 1. The highest BCUT2D eigenvalue weighted by molar-refractivity contribution is 7.89. The van der Waals surface area contributed by atoms with Crippen LogP contribution in [0.5, 0.6) is 0 Å². The molecule has 2 rings (SSSR count). The van der Waals surface area contributed by atoms with Gasteiger partial charge in [0.25, 0.3) is 0 Å². The maximum absolute atomic E-state index is 12.7. The lowest BCUT2D eigenvalue weighted by Gasteiger charge is -2.19. The highest BCUT2D eigenvalue weighted by Crippen LogP contribution is 2.28. The molecular weight excluding hydrogens is 290 g/mol. The van der Waals surface area contributed by atoms with Gasteiger partial charge in [0.2, 0.25) is 15.9 Å². The second-order valence-corrected chi connectivity index (χ2v) is 7.43. The molecule has 1 aliphatic heterocycles. The number of hydrogen-bond donors (Lipinski definition) is 2. The molecule has 0 radical (unpaired) electrons. The van der Waals surface area contributed by atoms with Gasteiger partial charge in [-0.25, -0.2) is 8.42 Å². The van der Waals surface area contributed by atoms with E-state index < -0.39 is 10.0 Å². The minimum absolute atomic E-state index is 0.125. The topological polar surface area (TPSA) is 92.5 Å². The number of aryl methyl sites for hydroxylation is 1. The van der Waals surface area contributed by atoms with E-state index in [-0.39, 0.29) is 16.8 Å². The molecule has 1 unspecified atom stereocenters. The Hall–Kier alpha value is -1.60. The van der Waals surface area contributed by atoms with Gasteiger partial charge in [0.15, 0.2) is 0 Å². The predicted octanol–water partition coefficient (Wildman–Crippen LogP) is 0.785. The average Bonchev–Trinajstić information content (AvgIpc) is 2.81. The maximum Gasteiger partial charge on any atom is 0.243 e. The van der Waals surface area contributed by atoms with Crippen LogP contribution in [0.2, 0.25) is 0 Å². The van der Waals surface area contributed by atoms with Crippen LogP contribution in [0.3, 0.4) is 0 Å². The van der Waals surface area contributed by atoms with Crippen molar-refractivity contribution in [2.24, 2.45) is 0 Å². The van der Waals surface area contributed by atoms with Crippen LogP contribution in [0.25, 0.3) is 0 Å². The van der Waals surface area contributed by atoms with Gasteiger partial charge >= 0.3 is 0 Å². The number of carbonyl (C=O) groups is 1. The van der Waals surface area contributed by atoms with Crippen LogP contribution in [0.1, 0.15) is 24.5 Å². The van der Waals surface area contributed by atoms with E-state index >= 15 is 0 Å². The van der Waals surface area contributed by atoms with Crippen LogP contribution in [-0.4, -0.2) is 37.8 Å². The number of nitrogens with two attached hydrogens (primary N) is 1. The standard InChI is InChI=1S/C14H21N3O3S/c1-9-6-13(15)10(2)14(7-9)21(19,20)17-5-4-12(8-17)16-11(3)18/h6-7,12H,4-5,8,15H2,1-3H3,(H,16,18). The Balaban J connectivity index is 2.30.